The summed E-state index contributed by atoms with van der Waals surface area (Å²) in [5.41, 5.74) is 1.06. The summed E-state index contributed by atoms with van der Waals surface area (Å²) in [5.74, 6) is 0.0440. The zero-order chi connectivity index (χ0) is 25.8. The highest BCUT2D eigenvalue weighted by atomic mass is 32.2. The molecule has 1 fully saturated rings. The predicted octanol–water partition coefficient (Wildman–Crippen LogP) is 2.07. The quantitative estimate of drug-likeness (QED) is 0.514. The van der Waals surface area contributed by atoms with Gasteiger partial charge in [0.25, 0.3) is 0 Å². The number of aromatic nitrogens is 2. The van der Waals surface area contributed by atoms with Gasteiger partial charge >= 0.3 is 0 Å². The summed E-state index contributed by atoms with van der Waals surface area (Å²) >= 11 is 0. The molecule has 0 bridgehead atoms. The molecule has 11 heteroatoms. The molecule has 1 N–H and O–H groups in total. The highest BCUT2D eigenvalue weighted by Gasteiger charge is 2.36. The fraction of sp³-hybridized carbons (Fsp3) is 0.625. The number of rotatable bonds is 10. The number of sulfone groups is 1. The van der Waals surface area contributed by atoms with Gasteiger partial charge in [-0.15, -0.1) is 0 Å². The molecule has 0 aliphatic carbocycles. The van der Waals surface area contributed by atoms with Crippen LogP contribution in [0.4, 0.5) is 0 Å². The van der Waals surface area contributed by atoms with E-state index in [1.165, 1.54) is 7.11 Å². The zero-order valence-electron chi connectivity index (χ0n) is 21.4. The number of aryl methyl sites for hydroxylation is 2. The van der Waals surface area contributed by atoms with Crippen molar-refractivity contribution < 1.29 is 27.2 Å². The number of nitrogens with zero attached hydrogens (tertiary/aromatic N) is 3. The van der Waals surface area contributed by atoms with Crippen LogP contribution in [0, 0.1) is 19.3 Å². The Morgan fingerprint density at radius 3 is 2.54 bits per heavy atom. The number of hydrogen-bond donors (Lipinski definition) is 1. The topological polar surface area (TPSA) is 124 Å². The number of carbonyl (C=O) groups excluding carboxylic acids is 1. The first-order chi connectivity index (χ1) is 16.4. The third-order valence-corrected chi connectivity index (χ3v) is 8.27. The van der Waals surface area contributed by atoms with E-state index in [-0.39, 0.29) is 40.4 Å². The lowest BCUT2D eigenvalue weighted by Gasteiger charge is -2.44. The Morgan fingerprint density at radius 1 is 1.26 bits per heavy atom. The van der Waals surface area contributed by atoms with Gasteiger partial charge in [-0.3, -0.25) is 4.79 Å². The van der Waals surface area contributed by atoms with Crippen molar-refractivity contribution in [3.63, 3.8) is 0 Å². The maximum Gasteiger partial charge on any atom is 0.242 e. The molecule has 10 nitrogen and oxygen atoms in total. The van der Waals surface area contributed by atoms with Crippen molar-refractivity contribution in [1.82, 2.24) is 20.4 Å². The normalized spacial score (nSPS) is 18.4. The first kappa shape index (κ1) is 27.1. The predicted molar refractivity (Wildman–Crippen MR) is 130 cm³/mol. The van der Waals surface area contributed by atoms with Crippen LogP contribution in [0.2, 0.25) is 0 Å². The van der Waals surface area contributed by atoms with Crippen LogP contribution >= 0.6 is 0 Å². The number of likely N-dealkylation sites (tertiary alicyclic amines) is 1. The van der Waals surface area contributed by atoms with E-state index in [0.29, 0.717) is 23.5 Å². The van der Waals surface area contributed by atoms with Crippen LogP contribution in [0.5, 0.6) is 5.75 Å². The van der Waals surface area contributed by atoms with E-state index in [2.05, 4.69) is 34.2 Å². The number of methoxy groups -OCH3 is 2. The Kier molecular flexibility index (Phi) is 8.55. The molecule has 1 unspecified atom stereocenters. The van der Waals surface area contributed by atoms with Gasteiger partial charge in [-0.2, -0.15) is 4.98 Å². The Balaban J connectivity index is 1.61. The van der Waals surface area contributed by atoms with E-state index in [4.69, 9.17) is 14.0 Å². The number of benzene rings is 1. The Morgan fingerprint density at radius 2 is 1.94 bits per heavy atom. The molecule has 2 aromatic rings. The summed E-state index contributed by atoms with van der Waals surface area (Å²) in [6, 6.07) is 3.36. The summed E-state index contributed by atoms with van der Waals surface area (Å²) in [5, 5.41) is 6.92. The molecule has 1 amide bonds. The molecule has 3 rings (SSSR count). The second-order valence-corrected chi connectivity index (χ2v) is 11.7. The minimum Gasteiger partial charge on any atom is -0.497 e. The van der Waals surface area contributed by atoms with Crippen LogP contribution in [0.3, 0.4) is 0 Å². The minimum absolute atomic E-state index is 0.0153. The molecule has 194 valence electrons. The number of ether oxygens (including phenoxy) is 2. The van der Waals surface area contributed by atoms with Gasteiger partial charge in [0.05, 0.1) is 25.0 Å². The maximum absolute atomic E-state index is 13.0. The second-order valence-electron chi connectivity index (χ2n) is 9.80. The fourth-order valence-corrected chi connectivity index (χ4v) is 6.40. The van der Waals surface area contributed by atoms with Crippen LogP contribution in [-0.2, 0) is 31.5 Å². The van der Waals surface area contributed by atoms with Crippen molar-refractivity contribution in [3.8, 4) is 5.75 Å². The average Bonchev–Trinajstić information content (AvgIpc) is 3.18. The van der Waals surface area contributed by atoms with Gasteiger partial charge in [-0.05, 0) is 48.9 Å². The SMILES string of the molecule is COCCN1CCC(NC(=O)Cc2noc(CS(=O)(=O)c3c(C)cc(OC)cc3C)n2)C(C)(C)C1. The Labute approximate surface area is 207 Å². The summed E-state index contributed by atoms with van der Waals surface area (Å²) < 4.78 is 41.6. The molecule has 1 aromatic heterocycles. The Bertz CT molecular complexity index is 1120. The van der Waals surface area contributed by atoms with Crippen molar-refractivity contribution in [2.24, 2.45) is 5.41 Å². The first-order valence-electron chi connectivity index (χ1n) is 11.7. The molecule has 0 spiro atoms. The lowest BCUT2D eigenvalue weighted by molar-refractivity contribution is -0.122. The molecule has 2 heterocycles. The van der Waals surface area contributed by atoms with Crippen molar-refractivity contribution in [2.45, 2.75) is 57.2 Å². The van der Waals surface area contributed by atoms with E-state index < -0.39 is 15.6 Å². The van der Waals surface area contributed by atoms with E-state index in [1.807, 2.05) is 0 Å². The minimum atomic E-state index is -3.73. The van der Waals surface area contributed by atoms with E-state index in [0.717, 1.165) is 26.1 Å². The molecule has 1 atom stereocenters. The van der Waals surface area contributed by atoms with Crippen LogP contribution in [0.1, 0.15) is 43.1 Å². The van der Waals surface area contributed by atoms with Gasteiger partial charge in [0.2, 0.25) is 11.8 Å². The van der Waals surface area contributed by atoms with Crippen molar-refractivity contribution in [2.75, 3.05) is 40.5 Å². The van der Waals surface area contributed by atoms with Gasteiger partial charge in [-0.1, -0.05) is 19.0 Å². The highest BCUT2D eigenvalue weighted by Crippen LogP contribution is 2.30. The lowest BCUT2D eigenvalue weighted by atomic mass is 9.79. The monoisotopic (exact) mass is 508 g/mol. The smallest absolute Gasteiger partial charge is 0.242 e. The molecule has 1 saturated heterocycles. The number of hydrogen-bond acceptors (Lipinski definition) is 9. The average molecular weight is 509 g/mol. The summed E-state index contributed by atoms with van der Waals surface area (Å²) in [7, 11) is -0.505. The van der Waals surface area contributed by atoms with Gasteiger partial charge in [0, 0.05) is 32.8 Å². The summed E-state index contributed by atoms with van der Waals surface area (Å²) in [4.78, 5) is 19.4. The van der Waals surface area contributed by atoms with Gasteiger partial charge in [0.15, 0.2) is 15.7 Å². The van der Waals surface area contributed by atoms with E-state index in [9.17, 15) is 13.2 Å². The van der Waals surface area contributed by atoms with Gasteiger partial charge in [0.1, 0.15) is 11.5 Å². The highest BCUT2D eigenvalue weighted by molar-refractivity contribution is 7.90. The molecule has 0 radical (unpaired) electrons. The van der Waals surface area contributed by atoms with Gasteiger partial charge in [-0.25, -0.2) is 8.42 Å². The largest absolute Gasteiger partial charge is 0.497 e. The maximum atomic E-state index is 13.0. The van der Waals surface area contributed by atoms with Crippen molar-refractivity contribution in [1.29, 1.82) is 0 Å². The number of amides is 1. The fourth-order valence-electron chi connectivity index (χ4n) is 4.71. The zero-order valence-corrected chi connectivity index (χ0v) is 22.2. The summed E-state index contributed by atoms with van der Waals surface area (Å²) in [6.07, 6.45) is 0.753. The van der Waals surface area contributed by atoms with Crippen molar-refractivity contribution in [3.05, 3.63) is 35.0 Å². The number of nitrogens with one attached hydrogen (secondary N) is 1. The molecule has 1 aliphatic rings. The van der Waals surface area contributed by atoms with Crippen LogP contribution in [-0.4, -0.2) is 75.9 Å². The van der Waals surface area contributed by atoms with Crippen LogP contribution < -0.4 is 10.1 Å². The number of piperidine rings is 1. The summed E-state index contributed by atoms with van der Waals surface area (Å²) in [6.45, 7) is 11.0. The lowest BCUT2D eigenvalue weighted by Crippen LogP contribution is -2.56. The third kappa shape index (κ3) is 6.80. The molecule has 35 heavy (non-hydrogen) atoms. The van der Waals surface area contributed by atoms with Gasteiger partial charge < -0.3 is 24.2 Å². The van der Waals surface area contributed by atoms with Crippen LogP contribution in [0.25, 0.3) is 0 Å². The first-order valence-corrected chi connectivity index (χ1v) is 13.3. The van der Waals surface area contributed by atoms with E-state index in [1.54, 1.807) is 33.1 Å². The molecule has 1 aliphatic heterocycles. The van der Waals surface area contributed by atoms with E-state index >= 15 is 0 Å². The second kappa shape index (κ2) is 11.0. The third-order valence-electron chi connectivity index (χ3n) is 6.38. The Hall–Kier alpha value is -2.50. The molecular weight excluding hydrogens is 472 g/mol. The number of carbonyl (C=O) groups is 1. The molecule has 0 saturated carbocycles. The molecular formula is C24H36N4O6S. The molecule has 1 aromatic carbocycles. The van der Waals surface area contributed by atoms with Crippen molar-refractivity contribution >= 4 is 15.7 Å². The van der Waals surface area contributed by atoms with Crippen LogP contribution in [0.15, 0.2) is 21.6 Å². The standard InChI is InChI=1S/C24H36N4O6S/c1-16-11-18(33-6)12-17(2)23(16)35(30,31)14-22-26-20(27-34-22)13-21(29)25-19-7-8-28(9-10-32-5)15-24(19,3)4/h11-12,19H,7-10,13-15H2,1-6H3,(H,25,29).